The normalized spacial score (nSPS) is 12.5. The van der Waals surface area contributed by atoms with E-state index >= 15 is 0 Å². The first-order valence-corrected chi connectivity index (χ1v) is 8.16. The fourth-order valence-corrected chi connectivity index (χ4v) is 2.46. The molecule has 0 aliphatic rings. The maximum atomic E-state index is 9.63. The first-order chi connectivity index (χ1) is 12.1. The summed E-state index contributed by atoms with van der Waals surface area (Å²) in [6.45, 7) is 4.23. The van der Waals surface area contributed by atoms with Gasteiger partial charge < -0.3 is 25.4 Å². The second-order valence-electron chi connectivity index (χ2n) is 6.00. The summed E-state index contributed by atoms with van der Waals surface area (Å²) < 4.78 is 1.93. The number of imidazole rings is 1. The van der Waals surface area contributed by atoms with Crippen molar-refractivity contribution >= 4 is 22.9 Å². The van der Waals surface area contributed by atoms with E-state index in [2.05, 4.69) is 25.6 Å². The molecule has 8 heteroatoms. The molecule has 1 aromatic carbocycles. The molecule has 0 radical (unpaired) electrons. The van der Waals surface area contributed by atoms with Crippen LogP contribution in [0.3, 0.4) is 0 Å². The van der Waals surface area contributed by atoms with Gasteiger partial charge >= 0.3 is 0 Å². The Labute approximate surface area is 145 Å². The molecular formula is C17H22N6O2. The Morgan fingerprint density at radius 3 is 2.60 bits per heavy atom. The molecule has 1 atom stereocenters. The molecule has 2 aromatic heterocycles. The predicted molar refractivity (Wildman–Crippen MR) is 96.2 cm³/mol. The van der Waals surface area contributed by atoms with Gasteiger partial charge in [0.2, 0.25) is 5.95 Å². The molecular weight excluding hydrogens is 320 g/mol. The summed E-state index contributed by atoms with van der Waals surface area (Å²) in [5, 5.41) is 24.6. The highest BCUT2D eigenvalue weighted by Crippen LogP contribution is 2.24. The minimum atomic E-state index is -1.13. The van der Waals surface area contributed by atoms with Crippen LogP contribution < -0.4 is 10.6 Å². The number of fused-ring (bicyclic) bond motifs is 1. The molecule has 0 aliphatic heterocycles. The molecule has 3 rings (SSSR count). The van der Waals surface area contributed by atoms with Gasteiger partial charge in [0.05, 0.1) is 12.9 Å². The first-order valence-electron chi connectivity index (χ1n) is 8.16. The molecule has 0 spiro atoms. The maximum Gasteiger partial charge on any atom is 0.228 e. The Morgan fingerprint density at radius 2 is 1.92 bits per heavy atom. The lowest BCUT2D eigenvalue weighted by Gasteiger charge is -2.14. The molecule has 132 valence electrons. The van der Waals surface area contributed by atoms with Gasteiger partial charge in [0.15, 0.2) is 17.0 Å². The lowest BCUT2D eigenvalue weighted by atomic mass is 10.2. The van der Waals surface area contributed by atoms with Crippen molar-refractivity contribution < 1.29 is 10.2 Å². The molecule has 0 saturated carbocycles. The van der Waals surface area contributed by atoms with Crippen molar-refractivity contribution in [1.82, 2.24) is 19.5 Å². The van der Waals surface area contributed by atoms with Crippen LogP contribution in [0.1, 0.15) is 25.5 Å². The predicted octanol–water partition coefficient (Wildman–Crippen LogP) is 1.74. The number of anilines is 2. The Kier molecular flexibility index (Phi) is 5.11. The van der Waals surface area contributed by atoms with Crippen LogP contribution >= 0.6 is 0 Å². The second-order valence-corrected chi connectivity index (χ2v) is 6.00. The number of hydrogen-bond donors (Lipinski definition) is 4. The van der Waals surface area contributed by atoms with Gasteiger partial charge in [0, 0.05) is 12.6 Å². The van der Waals surface area contributed by atoms with E-state index in [0.29, 0.717) is 23.5 Å². The molecule has 8 nitrogen and oxygen atoms in total. The van der Waals surface area contributed by atoms with E-state index in [1.807, 2.05) is 48.7 Å². The van der Waals surface area contributed by atoms with Crippen molar-refractivity contribution in [2.75, 3.05) is 17.2 Å². The van der Waals surface area contributed by atoms with Crippen molar-refractivity contribution in [3.05, 3.63) is 42.2 Å². The van der Waals surface area contributed by atoms with E-state index in [9.17, 15) is 5.11 Å². The zero-order chi connectivity index (χ0) is 17.8. The molecule has 0 unspecified atom stereocenters. The van der Waals surface area contributed by atoms with Gasteiger partial charge in [0.25, 0.3) is 0 Å². The van der Waals surface area contributed by atoms with Crippen molar-refractivity contribution in [3.63, 3.8) is 0 Å². The zero-order valence-electron chi connectivity index (χ0n) is 14.2. The smallest absolute Gasteiger partial charge is 0.228 e. The molecule has 0 amide bonds. The van der Waals surface area contributed by atoms with Crippen molar-refractivity contribution in [2.45, 2.75) is 32.7 Å². The van der Waals surface area contributed by atoms with Crippen LogP contribution in [0.25, 0.3) is 11.2 Å². The van der Waals surface area contributed by atoms with Crippen LogP contribution in [0.5, 0.6) is 0 Å². The van der Waals surface area contributed by atoms with Crippen LogP contribution in [0.2, 0.25) is 0 Å². The lowest BCUT2D eigenvalue weighted by Crippen LogP contribution is -2.24. The summed E-state index contributed by atoms with van der Waals surface area (Å²) in [5.74, 6) is 0.799. The SMILES string of the molecule is CC(C)n1cnc2c(NCc3ccccc3)nc(N[C@@H](O)CO)nc21. The summed E-state index contributed by atoms with van der Waals surface area (Å²) in [7, 11) is 0. The van der Waals surface area contributed by atoms with Crippen LogP contribution in [0.15, 0.2) is 36.7 Å². The summed E-state index contributed by atoms with van der Waals surface area (Å²) >= 11 is 0. The Hall–Kier alpha value is -2.71. The van der Waals surface area contributed by atoms with Gasteiger partial charge in [-0.05, 0) is 19.4 Å². The Bertz CT molecular complexity index is 834. The fourth-order valence-electron chi connectivity index (χ4n) is 2.46. The lowest BCUT2D eigenvalue weighted by molar-refractivity contribution is 0.116. The highest BCUT2D eigenvalue weighted by molar-refractivity contribution is 5.84. The highest BCUT2D eigenvalue weighted by Gasteiger charge is 2.16. The van der Waals surface area contributed by atoms with Gasteiger partial charge in [-0.3, -0.25) is 0 Å². The topological polar surface area (TPSA) is 108 Å². The van der Waals surface area contributed by atoms with Crippen LogP contribution in [-0.4, -0.2) is 42.6 Å². The van der Waals surface area contributed by atoms with Gasteiger partial charge in [-0.15, -0.1) is 0 Å². The van der Waals surface area contributed by atoms with Gasteiger partial charge in [-0.25, -0.2) is 4.98 Å². The number of aliphatic hydroxyl groups is 2. The minimum absolute atomic E-state index is 0.178. The molecule has 0 bridgehead atoms. The standard InChI is InChI=1S/C17H22N6O2/c1-11(2)23-10-19-14-15(18-8-12-6-4-3-5-7-12)21-17(22-16(14)23)20-13(25)9-24/h3-7,10-11,13,24-25H,8-9H2,1-2H3,(H2,18,20,21,22)/t13-/m0/s1. The van der Waals surface area contributed by atoms with E-state index in [0.717, 1.165) is 5.56 Å². The van der Waals surface area contributed by atoms with Gasteiger partial charge in [-0.1, -0.05) is 30.3 Å². The highest BCUT2D eigenvalue weighted by atomic mass is 16.3. The summed E-state index contributed by atoms with van der Waals surface area (Å²) in [4.78, 5) is 13.3. The maximum absolute atomic E-state index is 9.63. The van der Waals surface area contributed by atoms with E-state index in [-0.39, 0.29) is 12.0 Å². The minimum Gasteiger partial charge on any atom is -0.392 e. The number of rotatable bonds is 7. The number of nitrogens with zero attached hydrogens (tertiary/aromatic N) is 4. The van der Waals surface area contributed by atoms with Crippen molar-refractivity contribution in [3.8, 4) is 0 Å². The van der Waals surface area contributed by atoms with Crippen LogP contribution in [0.4, 0.5) is 11.8 Å². The fraction of sp³-hybridized carbons (Fsp3) is 0.353. The Balaban J connectivity index is 1.96. The number of hydrogen-bond acceptors (Lipinski definition) is 7. The monoisotopic (exact) mass is 342 g/mol. The second kappa shape index (κ2) is 7.45. The third-order valence-corrected chi connectivity index (χ3v) is 3.75. The van der Waals surface area contributed by atoms with Crippen molar-refractivity contribution in [2.24, 2.45) is 0 Å². The van der Waals surface area contributed by atoms with Crippen molar-refractivity contribution in [1.29, 1.82) is 0 Å². The van der Waals surface area contributed by atoms with E-state index in [1.165, 1.54) is 0 Å². The Morgan fingerprint density at radius 1 is 1.16 bits per heavy atom. The number of nitrogens with one attached hydrogen (secondary N) is 2. The van der Waals surface area contributed by atoms with Gasteiger partial charge in [-0.2, -0.15) is 9.97 Å². The van der Waals surface area contributed by atoms with E-state index < -0.39 is 12.8 Å². The molecule has 0 aliphatic carbocycles. The average Bonchev–Trinajstić information content (AvgIpc) is 3.04. The molecule has 2 heterocycles. The molecule has 3 aromatic rings. The molecule has 4 N–H and O–H groups in total. The molecule has 0 saturated heterocycles. The zero-order valence-corrected chi connectivity index (χ0v) is 14.2. The average molecular weight is 342 g/mol. The molecule has 0 fully saturated rings. The van der Waals surface area contributed by atoms with E-state index in [4.69, 9.17) is 5.11 Å². The van der Waals surface area contributed by atoms with E-state index in [1.54, 1.807) is 6.33 Å². The summed E-state index contributed by atoms with van der Waals surface area (Å²) in [6, 6.07) is 10.1. The number of benzene rings is 1. The third-order valence-electron chi connectivity index (χ3n) is 3.75. The first kappa shape index (κ1) is 17.1. The summed E-state index contributed by atoms with van der Waals surface area (Å²) in [6.07, 6.45) is 0.596. The number of aromatic nitrogens is 4. The number of aliphatic hydroxyl groups excluding tert-OH is 2. The largest absolute Gasteiger partial charge is 0.392 e. The van der Waals surface area contributed by atoms with Gasteiger partial charge in [0.1, 0.15) is 6.23 Å². The third kappa shape index (κ3) is 3.86. The quantitative estimate of drug-likeness (QED) is 0.484. The van der Waals surface area contributed by atoms with Crippen LogP contribution in [-0.2, 0) is 6.54 Å². The van der Waals surface area contributed by atoms with Crippen LogP contribution in [0, 0.1) is 0 Å². The summed E-state index contributed by atoms with van der Waals surface area (Å²) in [5.41, 5.74) is 2.43. The molecule has 25 heavy (non-hydrogen) atoms.